The van der Waals surface area contributed by atoms with Crippen LogP contribution in [0.25, 0.3) is 0 Å². The van der Waals surface area contributed by atoms with Crippen LogP contribution in [-0.4, -0.2) is 38.0 Å². The lowest BCUT2D eigenvalue weighted by molar-refractivity contribution is -0.900. The fraction of sp³-hybridized carbons (Fsp3) is 0.500. The third-order valence-electron chi connectivity index (χ3n) is 2.59. The van der Waals surface area contributed by atoms with Crippen molar-refractivity contribution in [3.63, 3.8) is 0 Å². The molecule has 3 nitrogen and oxygen atoms in total. The molecule has 1 saturated heterocycles. The quantitative estimate of drug-likeness (QED) is 0.694. The smallest absolute Gasteiger partial charge is 0.149 e. The Bertz CT molecular complexity index is 360. The molecule has 2 heterocycles. The van der Waals surface area contributed by atoms with Gasteiger partial charge in [-0.15, -0.1) is 11.3 Å². The van der Waals surface area contributed by atoms with Gasteiger partial charge in [-0.25, -0.2) is 0 Å². The van der Waals surface area contributed by atoms with Gasteiger partial charge < -0.3 is 14.7 Å². The number of quaternary nitrogens is 1. The highest BCUT2D eigenvalue weighted by Crippen LogP contribution is 2.17. The Morgan fingerprint density at radius 2 is 2.31 bits per heavy atom. The number of aliphatic hydroxyl groups is 1. The second-order valence-corrected chi connectivity index (χ2v) is 4.76. The zero-order valence-corrected chi connectivity index (χ0v) is 9.93. The van der Waals surface area contributed by atoms with Crippen LogP contribution in [-0.2, 0) is 4.74 Å². The van der Waals surface area contributed by atoms with E-state index >= 15 is 0 Å². The Balaban J connectivity index is 1.80. The van der Waals surface area contributed by atoms with Crippen LogP contribution in [0.5, 0.6) is 0 Å². The predicted molar refractivity (Wildman–Crippen MR) is 63.4 cm³/mol. The summed E-state index contributed by atoms with van der Waals surface area (Å²) in [6.45, 7) is 4.48. The highest BCUT2D eigenvalue weighted by molar-refractivity contribution is 7.10. The van der Waals surface area contributed by atoms with Crippen LogP contribution < -0.4 is 4.90 Å². The number of ether oxygens (including phenoxy) is 1. The summed E-state index contributed by atoms with van der Waals surface area (Å²) in [5.41, 5.74) is 0. The minimum Gasteiger partial charge on any atom is -0.375 e. The Morgan fingerprint density at radius 1 is 1.50 bits per heavy atom. The standard InChI is InChI=1S/C12H15NO2S/c14-11(12-4-2-10-16-12)3-1-5-13-6-8-15-9-7-13/h2,4,10-11,14H,5-9H2/p+1. The fourth-order valence-electron chi connectivity index (χ4n) is 1.63. The maximum absolute atomic E-state index is 9.74. The van der Waals surface area contributed by atoms with E-state index in [-0.39, 0.29) is 0 Å². The van der Waals surface area contributed by atoms with E-state index in [0.29, 0.717) is 0 Å². The summed E-state index contributed by atoms with van der Waals surface area (Å²) < 4.78 is 5.27. The zero-order valence-electron chi connectivity index (χ0n) is 9.11. The number of aliphatic hydroxyl groups excluding tert-OH is 1. The van der Waals surface area contributed by atoms with Crippen LogP contribution in [0.3, 0.4) is 0 Å². The van der Waals surface area contributed by atoms with E-state index < -0.39 is 6.10 Å². The second kappa shape index (κ2) is 6.02. The Labute approximate surface area is 99.7 Å². The Hall–Kier alpha value is -0.860. The summed E-state index contributed by atoms with van der Waals surface area (Å²) in [4.78, 5) is 2.36. The third kappa shape index (κ3) is 3.32. The molecule has 1 aliphatic rings. The molecule has 0 bridgehead atoms. The molecule has 0 aromatic carbocycles. The first-order valence-corrected chi connectivity index (χ1v) is 6.35. The van der Waals surface area contributed by atoms with Gasteiger partial charge in [-0.1, -0.05) is 12.0 Å². The molecule has 0 spiro atoms. The van der Waals surface area contributed by atoms with Crippen molar-refractivity contribution in [2.75, 3.05) is 32.8 Å². The van der Waals surface area contributed by atoms with Crippen molar-refractivity contribution < 1.29 is 14.7 Å². The van der Waals surface area contributed by atoms with Gasteiger partial charge in [-0.05, 0) is 17.4 Å². The van der Waals surface area contributed by atoms with Gasteiger partial charge in [0.1, 0.15) is 25.7 Å². The molecule has 1 fully saturated rings. The molecule has 2 N–H and O–H groups in total. The molecule has 1 aromatic rings. The maximum Gasteiger partial charge on any atom is 0.149 e. The van der Waals surface area contributed by atoms with Gasteiger partial charge in [0.05, 0.1) is 13.2 Å². The molecule has 16 heavy (non-hydrogen) atoms. The monoisotopic (exact) mass is 238 g/mol. The fourth-order valence-corrected chi connectivity index (χ4v) is 2.29. The number of hydrogen-bond donors (Lipinski definition) is 2. The molecule has 4 heteroatoms. The largest absolute Gasteiger partial charge is 0.375 e. The van der Waals surface area contributed by atoms with E-state index in [4.69, 9.17) is 4.74 Å². The minimum atomic E-state index is -0.625. The van der Waals surface area contributed by atoms with Crippen LogP contribution in [0.4, 0.5) is 0 Å². The summed E-state index contributed by atoms with van der Waals surface area (Å²) in [5.74, 6) is 5.94. The number of morpholine rings is 1. The SMILES string of the molecule is OC(C#CC[NH+]1CCOCC1)c1cccs1. The molecule has 1 unspecified atom stereocenters. The minimum absolute atomic E-state index is 0.625. The summed E-state index contributed by atoms with van der Waals surface area (Å²) in [7, 11) is 0. The number of rotatable bonds is 2. The van der Waals surface area contributed by atoms with E-state index in [1.807, 2.05) is 17.5 Å². The lowest BCUT2D eigenvalue weighted by atomic mass is 10.3. The van der Waals surface area contributed by atoms with Gasteiger partial charge in [0.2, 0.25) is 0 Å². The van der Waals surface area contributed by atoms with Gasteiger partial charge in [-0.2, -0.15) is 0 Å². The average Bonchev–Trinajstić information content (AvgIpc) is 2.84. The van der Waals surface area contributed by atoms with Crippen molar-refractivity contribution in [2.24, 2.45) is 0 Å². The molecule has 2 rings (SSSR count). The van der Waals surface area contributed by atoms with E-state index in [9.17, 15) is 5.11 Å². The van der Waals surface area contributed by atoms with E-state index in [0.717, 1.165) is 37.7 Å². The lowest BCUT2D eigenvalue weighted by Gasteiger charge is -2.21. The predicted octanol–water partition coefficient (Wildman–Crippen LogP) is -0.300. The molecular weight excluding hydrogens is 222 g/mol. The van der Waals surface area contributed by atoms with Crippen molar-refractivity contribution in [3.8, 4) is 11.8 Å². The van der Waals surface area contributed by atoms with Gasteiger partial charge in [0, 0.05) is 4.88 Å². The highest BCUT2D eigenvalue weighted by Gasteiger charge is 2.11. The first-order chi connectivity index (χ1) is 7.86. The third-order valence-corrected chi connectivity index (χ3v) is 3.51. The maximum atomic E-state index is 9.74. The Morgan fingerprint density at radius 3 is 3.00 bits per heavy atom. The van der Waals surface area contributed by atoms with E-state index in [1.54, 1.807) is 0 Å². The van der Waals surface area contributed by atoms with Crippen LogP contribution in [0, 0.1) is 11.8 Å². The van der Waals surface area contributed by atoms with Crippen molar-refractivity contribution >= 4 is 11.3 Å². The molecule has 0 aliphatic carbocycles. The summed E-state index contributed by atoms with van der Waals surface area (Å²) in [5, 5.41) is 11.7. The summed E-state index contributed by atoms with van der Waals surface area (Å²) >= 11 is 1.54. The normalized spacial score (nSPS) is 18.8. The molecule has 0 radical (unpaired) electrons. The molecule has 1 aliphatic heterocycles. The Kier molecular flexibility index (Phi) is 4.37. The molecular formula is C12H16NO2S+. The number of thiophene rings is 1. The van der Waals surface area contributed by atoms with Crippen LogP contribution in [0.1, 0.15) is 11.0 Å². The van der Waals surface area contributed by atoms with Crippen molar-refractivity contribution in [2.45, 2.75) is 6.10 Å². The first kappa shape index (κ1) is 11.6. The zero-order chi connectivity index (χ0) is 11.2. The molecule has 1 aromatic heterocycles. The van der Waals surface area contributed by atoms with E-state index in [2.05, 4.69) is 11.8 Å². The number of nitrogens with one attached hydrogen (secondary N) is 1. The molecule has 0 amide bonds. The molecule has 86 valence electrons. The van der Waals surface area contributed by atoms with Crippen LogP contribution >= 0.6 is 11.3 Å². The lowest BCUT2D eigenvalue weighted by Crippen LogP contribution is -3.14. The topological polar surface area (TPSA) is 33.9 Å². The first-order valence-electron chi connectivity index (χ1n) is 5.47. The van der Waals surface area contributed by atoms with Gasteiger partial charge in [0.15, 0.2) is 0 Å². The van der Waals surface area contributed by atoms with E-state index in [1.165, 1.54) is 16.2 Å². The average molecular weight is 238 g/mol. The van der Waals surface area contributed by atoms with Gasteiger partial charge in [-0.3, -0.25) is 0 Å². The van der Waals surface area contributed by atoms with Gasteiger partial charge >= 0.3 is 0 Å². The van der Waals surface area contributed by atoms with Crippen LogP contribution in [0.2, 0.25) is 0 Å². The van der Waals surface area contributed by atoms with Crippen molar-refractivity contribution in [1.29, 1.82) is 0 Å². The van der Waals surface area contributed by atoms with Gasteiger partial charge in [0.25, 0.3) is 0 Å². The van der Waals surface area contributed by atoms with Crippen molar-refractivity contribution in [1.82, 2.24) is 0 Å². The molecule has 1 atom stereocenters. The second-order valence-electron chi connectivity index (χ2n) is 3.78. The summed E-state index contributed by atoms with van der Waals surface area (Å²) in [6, 6.07) is 3.84. The molecule has 0 saturated carbocycles. The number of hydrogen-bond acceptors (Lipinski definition) is 3. The highest BCUT2D eigenvalue weighted by atomic mass is 32.1. The van der Waals surface area contributed by atoms with Crippen LogP contribution in [0.15, 0.2) is 17.5 Å². The van der Waals surface area contributed by atoms with Crippen molar-refractivity contribution in [3.05, 3.63) is 22.4 Å². The summed E-state index contributed by atoms with van der Waals surface area (Å²) in [6.07, 6.45) is -0.625.